The predicted molar refractivity (Wildman–Crippen MR) is 61.5 cm³/mol. The van der Waals surface area contributed by atoms with Crippen LogP contribution in [0.5, 0.6) is 0 Å². The first kappa shape index (κ1) is 12.3. The zero-order valence-electron chi connectivity index (χ0n) is 10.1. The second kappa shape index (κ2) is 5.94. The van der Waals surface area contributed by atoms with Crippen LogP contribution in [-0.2, 0) is 9.53 Å². The van der Waals surface area contributed by atoms with Gasteiger partial charge in [-0.3, -0.25) is 4.79 Å². The molecule has 0 radical (unpaired) electrons. The fourth-order valence-electron chi connectivity index (χ4n) is 1.85. The molecule has 0 aromatic carbocycles. The van der Waals surface area contributed by atoms with Crippen molar-refractivity contribution in [1.29, 1.82) is 0 Å². The van der Waals surface area contributed by atoms with E-state index < -0.39 is 0 Å². The third kappa shape index (κ3) is 4.06. The standard InChI is InChI=1S/C13H22O2/c1-4-11-6-5-7-12(8-11)13(14)15-9-10(2)3/h6,10,12H,4-5,7-9H2,1-3H3. The molecule has 0 aromatic heterocycles. The number of ether oxygens (including phenoxy) is 1. The molecule has 1 aliphatic carbocycles. The molecule has 0 aromatic rings. The molecule has 1 rings (SSSR count). The smallest absolute Gasteiger partial charge is 0.309 e. The van der Waals surface area contributed by atoms with Gasteiger partial charge >= 0.3 is 5.97 Å². The van der Waals surface area contributed by atoms with E-state index in [9.17, 15) is 4.79 Å². The number of carbonyl (C=O) groups is 1. The van der Waals surface area contributed by atoms with Crippen molar-refractivity contribution in [3.63, 3.8) is 0 Å². The summed E-state index contributed by atoms with van der Waals surface area (Å²) in [6.45, 7) is 6.82. The normalized spacial score (nSPS) is 21.3. The average molecular weight is 210 g/mol. The largest absolute Gasteiger partial charge is 0.465 e. The fourth-order valence-corrected chi connectivity index (χ4v) is 1.85. The molecule has 0 amide bonds. The summed E-state index contributed by atoms with van der Waals surface area (Å²) in [5.41, 5.74) is 1.41. The molecule has 0 bridgehead atoms. The number of esters is 1. The summed E-state index contributed by atoms with van der Waals surface area (Å²) in [6.07, 6.45) is 6.23. The number of hydrogen-bond donors (Lipinski definition) is 0. The highest BCUT2D eigenvalue weighted by Crippen LogP contribution is 2.26. The molecule has 0 N–H and O–H groups in total. The molecule has 86 valence electrons. The molecule has 2 heteroatoms. The highest BCUT2D eigenvalue weighted by molar-refractivity contribution is 5.73. The molecule has 2 nitrogen and oxygen atoms in total. The van der Waals surface area contributed by atoms with Gasteiger partial charge in [-0.05, 0) is 31.6 Å². The number of hydrogen-bond acceptors (Lipinski definition) is 2. The third-order valence-corrected chi connectivity index (χ3v) is 2.80. The van der Waals surface area contributed by atoms with E-state index in [1.54, 1.807) is 0 Å². The molecule has 0 heterocycles. The first-order chi connectivity index (χ1) is 7.13. The molecule has 15 heavy (non-hydrogen) atoms. The minimum absolute atomic E-state index is 0.00255. The lowest BCUT2D eigenvalue weighted by Gasteiger charge is -2.21. The fraction of sp³-hybridized carbons (Fsp3) is 0.769. The van der Waals surface area contributed by atoms with Gasteiger partial charge in [-0.25, -0.2) is 0 Å². The second-order valence-electron chi connectivity index (χ2n) is 4.72. The lowest BCUT2D eigenvalue weighted by molar-refractivity contribution is -0.150. The van der Waals surface area contributed by atoms with Crippen LogP contribution in [0.2, 0.25) is 0 Å². The molecule has 0 aliphatic heterocycles. The summed E-state index contributed by atoms with van der Waals surface area (Å²) >= 11 is 0. The van der Waals surface area contributed by atoms with E-state index in [1.807, 2.05) is 0 Å². The van der Waals surface area contributed by atoms with E-state index in [1.165, 1.54) is 5.57 Å². The first-order valence-electron chi connectivity index (χ1n) is 5.98. The van der Waals surface area contributed by atoms with E-state index in [0.717, 1.165) is 25.7 Å². The summed E-state index contributed by atoms with van der Waals surface area (Å²) in [4.78, 5) is 11.7. The number of carbonyl (C=O) groups excluding carboxylic acids is 1. The van der Waals surface area contributed by atoms with E-state index in [-0.39, 0.29) is 11.9 Å². The van der Waals surface area contributed by atoms with Gasteiger partial charge < -0.3 is 4.74 Å². The first-order valence-corrected chi connectivity index (χ1v) is 5.98. The lowest BCUT2D eigenvalue weighted by Crippen LogP contribution is -2.22. The Morgan fingerprint density at radius 2 is 2.33 bits per heavy atom. The van der Waals surface area contributed by atoms with E-state index in [0.29, 0.717) is 12.5 Å². The Balaban J connectivity index is 2.37. The Morgan fingerprint density at radius 1 is 1.60 bits per heavy atom. The second-order valence-corrected chi connectivity index (χ2v) is 4.72. The van der Waals surface area contributed by atoms with E-state index in [2.05, 4.69) is 26.8 Å². The lowest BCUT2D eigenvalue weighted by atomic mass is 9.88. The summed E-state index contributed by atoms with van der Waals surface area (Å²) in [5.74, 6) is 0.546. The zero-order valence-corrected chi connectivity index (χ0v) is 10.1. The van der Waals surface area contributed by atoms with Crippen LogP contribution in [0.3, 0.4) is 0 Å². The third-order valence-electron chi connectivity index (χ3n) is 2.80. The zero-order chi connectivity index (χ0) is 11.3. The van der Waals surface area contributed by atoms with Crippen molar-refractivity contribution in [3.8, 4) is 0 Å². The SMILES string of the molecule is CCC1=CCCC(C(=O)OCC(C)C)C1. The number of rotatable bonds is 4. The van der Waals surface area contributed by atoms with E-state index >= 15 is 0 Å². The van der Waals surface area contributed by atoms with Crippen LogP contribution >= 0.6 is 0 Å². The molecule has 0 saturated heterocycles. The summed E-state index contributed by atoms with van der Waals surface area (Å²) < 4.78 is 5.27. The van der Waals surface area contributed by atoms with E-state index in [4.69, 9.17) is 4.74 Å². The molecule has 1 unspecified atom stereocenters. The van der Waals surface area contributed by atoms with Crippen LogP contribution in [0.1, 0.15) is 46.5 Å². The maximum atomic E-state index is 11.7. The molecule has 0 fully saturated rings. The Kier molecular flexibility index (Phi) is 4.86. The Morgan fingerprint density at radius 3 is 2.93 bits per heavy atom. The van der Waals surface area contributed by atoms with Gasteiger partial charge in [0.15, 0.2) is 0 Å². The van der Waals surface area contributed by atoms with Crippen LogP contribution in [0.25, 0.3) is 0 Å². The van der Waals surface area contributed by atoms with Crippen molar-refractivity contribution < 1.29 is 9.53 Å². The molecular weight excluding hydrogens is 188 g/mol. The van der Waals surface area contributed by atoms with Gasteiger partial charge in [0.05, 0.1) is 12.5 Å². The predicted octanol–water partition coefficient (Wildman–Crippen LogP) is 3.32. The van der Waals surface area contributed by atoms with Crippen molar-refractivity contribution in [2.24, 2.45) is 11.8 Å². The van der Waals surface area contributed by atoms with Crippen molar-refractivity contribution >= 4 is 5.97 Å². The molecule has 0 spiro atoms. The van der Waals surface area contributed by atoms with Gasteiger partial charge in [-0.2, -0.15) is 0 Å². The molecule has 1 atom stereocenters. The minimum Gasteiger partial charge on any atom is -0.465 e. The van der Waals surface area contributed by atoms with Gasteiger partial charge in [-0.15, -0.1) is 0 Å². The minimum atomic E-state index is 0.00255. The highest BCUT2D eigenvalue weighted by atomic mass is 16.5. The topological polar surface area (TPSA) is 26.3 Å². The van der Waals surface area contributed by atoms with Crippen molar-refractivity contribution in [2.75, 3.05) is 6.61 Å². The monoisotopic (exact) mass is 210 g/mol. The van der Waals surface area contributed by atoms with Gasteiger partial charge in [0.25, 0.3) is 0 Å². The summed E-state index contributed by atoms with van der Waals surface area (Å²) in [7, 11) is 0. The molecule has 1 aliphatic rings. The van der Waals surface area contributed by atoms with Crippen molar-refractivity contribution in [2.45, 2.75) is 46.5 Å². The van der Waals surface area contributed by atoms with Crippen LogP contribution < -0.4 is 0 Å². The van der Waals surface area contributed by atoms with Crippen LogP contribution in [-0.4, -0.2) is 12.6 Å². The average Bonchev–Trinajstić information content (AvgIpc) is 2.26. The van der Waals surface area contributed by atoms with Crippen LogP contribution in [0, 0.1) is 11.8 Å². The molecule has 0 saturated carbocycles. The van der Waals surface area contributed by atoms with Gasteiger partial charge in [-0.1, -0.05) is 32.4 Å². The maximum Gasteiger partial charge on any atom is 0.309 e. The van der Waals surface area contributed by atoms with Gasteiger partial charge in [0, 0.05) is 0 Å². The Hall–Kier alpha value is -0.790. The molecular formula is C13H22O2. The van der Waals surface area contributed by atoms with Crippen molar-refractivity contribution in [1.82, 2.24) is 0 Å². The Labute approximate surface area is 92.7 Å². The van der Waals surface area contributed by atoms with Gasteiger partial charge in [0.2, 0.25) is 0 Å². The highest BCUT2D eigenvalue weighted by Gasteiger charge is 2.23. The van der Waals surface area contributed by atoms with Gasteiger partial charge in [0.1, 0.15) is 0 Å². The maximum absolute atomic E-state index is 11.7. The number of allylic oxidation sites excluding steroid dienone is 2. The van der Waals surface area contributed by atoms with Crippen LogP contribution in [0.4, 0.5) is 0 Å². The van der Waals surface area contributed by atoms with Crippen LogP contribution in [0.15, 0.2) is 11.6 Å². The summed E-state index contributed by atoms with van der Waals surface area (Å²) in [6, 6.07) is 0. The quantitative estimate of drug-likeness (QED) is 0.525. The Bertz CT molecular complexity index is 241. The van der Waals surface area contributed by atoms with Crippen molar-refractivity contribution in [3.05, 3.63) is 11.6 Å². The summed E-state index contributed by atoms with van der Waals surface area (Å²) in [5, 5.41) is 0.